The number of nitrogens with zero attached hydrogens (tertiary/aromatic N) is 1. The van der Waals surface area contributed by atoms with E-state index in [2.05, 4.69) is 41.9 Å². The average molecular weight is 216 g/mol. The van der Waals surface area contributed by atoms with Crippen LogP contribution in [0.2, 0.25) is 0 Å². The molecule has 2 nitrogen and oxygen atoms in total. The molecule has 0 aliphatic heterocycles. The highest BCUT2D eigenvalue weighted by Crippen LogP contribution is 2.21. The van der Waals surface area contributed by atoms with E-state index in [9.17, 15) is 0 Å². The molecule has 0 radical (unpaired) electrons. The number of fused-ring (bicyclic) bond motifs is 1. The van der Waals surface area contributed by atoms with Crippen LogP contribution in [-0.2, 0) is 0 Å². The molecular formula is C12H12N2S. The summed E-state index contributed by atoms with van der Waals surface area (Å²) in [5.74, 6) is 3.24. The first-order valence-corrected chi connectivity index (χ1v) is 5.72. The summed E-state index contributed by atoms with van der Waals surface area (Å²) >= 11 is 1.56. The summed E-state index contributed by atoms with van der Waals surface area (Å²) in [5, 5.41) is 0.896. The van der Waals surface area contributed by atoms with E-state index in [1.54, 1.807) is 11.8 Å². The summed E-state index contributed by atoms with van der Waals surface area (Å²) in [4.78, 5) is 7.72. The van der Waals surface area contributed by atoms with Crippen LogP contribution in [-0.4, -0.2) is 15.7 Å². The van der Waals surface area contributed by atoms with Gasteiger partial charge in [-0.3, -0.25) is 0 Å². The van der Waals surface area contributed by atoms with Crippen molar-refractivity contribution in [1.29, 1.82) is 0 Å². The Kier molecular flexibility index (Phi) is 2.70. The number of imidazole rings is 1. The molecule has 1 aromatic heterocycles. The second-order valence-corrected chi connectivity index (χ2v) is 4.45. The lowest BCUT2D eigenvalue weighted by Crippen LogP contribution is -1.79. The van der Waals surface area contributed by atoms with Gasteiger partial charge in [-0.1, -0.05) is 17.7 Å². The monoisotopic (exact) mass is 216 g/mol. The zero-order valence-corrected chi connectivity index (χ0v) is 9.61. The smallest absolute Gasteiger partial charge is 0.167 e. The fourth-order valence-corrected chi connectivity index (χ4v) is 1.99. The van der Waals surface area contributed by atoms with Gasteiger partial charge in [0.25, 0.3) is 0 Å². The van der Waals surface area contributed by atoms with E-state index in [-0.39, 0.29) is 0 Å². The predicted molar refractivity (Wildman–Crippen MR) is 65.1 cm³/mol. The number of hydrogen-bond donors (Lipinski definition) is 1. The first-order chi connectivity index (χ1) is 7.20. The number of rotatable bonds is 2. The summed E-state index contributed by atoms with van der Waals surface area (Å²) in [6.07, 6.45) is 5.21. The van der Waals surface area contributed by atoms with Crippen molar-refractivity contribution in [2.45, 2.75) is 19.0 Å². The molecule has 0 aliphatic rings. The third kappa shape index (κ3) is 2.00. The van der Waals surface area contributed by atoms with E-state index in [1.807, 2.05) is 0 Å². The van der Waals surface area contributed by atoms with Crippen LogP contribution in [0.15, 0.2) is 17.3 Å². The molecule has 0 spiro atoms. The van der Waals surface area contributed by atoms with Crippen LogP contribution in [0.5, 0.6) is 0 Å². The first kappa shape index (κ1) is 10.1. The molecule has 0 unspecified atom stereocenters. The van der Waals surface area contributed by atoms with Gasteiger partial charge in [-0.2, -0.15) is 0 Å². The normalized spacial score (nSPS) is 10.5. The lowest BCUT2D eigenvalue weighted by molar-refractivity contribution is 1.08. The van der Waals surface area contributed by atoms with E-state index >= 15 is 0 Å². The van der Waals surface area contributed by atoms with Crippen molar-refractivity contribution in [3.05, 3.63) is 23.3 Å². The van der Waals surface area contributed by atoms with Gasteiger partial charge in [0.15, 0.2) is 5.16 Å². The van der Waals surface area contributed by atoms with Crippen LogP contribution >= 0.6 is 11.8 Å². The number of aryl methyl sites for hydroxylation is 2. The van der Waals surface area contributed by atoms with Crippen LogP contribution in [0.4, 0.5) is 0 Å². The molecule has 0 saturated carbocycles. The molecule has 1 N–H and O–H groups in total. The van der Waals surface area contributed by atoms with Crippen LogP contribution in [0.3, 0.4) is 0 Å². The summed E-state index contributed by atoms with van der Waals surface area (Å²) in [6, 6.07) is 4.22. The lowest BCUT2D eigenvalue weighted by Gasteiger charge is -1.97. The van der Waals surface area contributed by atoms with E-state index in [0.29, 0.717) is 5.75 Å². The number of benzene rings is 1. The Hall–Kier alpha value is -1.40. The van der Waals surface area contributed by atoms with Crippen LogP contribution in [0, 0.1) is 26.2 Å². The molecule has 2 aromatic rings. The third-order valence-corrected chi connectivity index (χ3v) is 3.15. The molecule has 1 heterocycles. The van der Waals surface area contributed by atoms with Gasteiger partial charge in [-0.15, -0.1) is 6.42 Å². The summed E-state index contributed by atoms with van der Waals surface area (Å²) in [6.45, 7) is 4.20. The fraction of sp³-hybridized carbons (Fsp3) is 0.250. The van der Waals surface area contributed by atoms with Crippen molar-refractivity contribution in [2.75, 3.05) is 5.75 Å². The SMILES string of the molecule is C#CCSc1nc2cc(C)c(C)cc2[nH]1. The zero-order chi connectivity index (χ0) is 10.8. The zero-order valence-electron chi connectivity index (χ0n) is 8.79. The Labute approximate surface area is 93.5 Å². The number of terminal acetylenes is 1. The van der Waals surface area contributed by atoms with Crippen molar-refractivity contribution < 1.29 is 0 Å². The second kappa shape index (κ2) is 4.00. The molecule has 0 amide bonds. The summed E-state index contributed by atoms with van der Waals surface area (Å²) in [7, 11) is 0. The van der Waals surface area contributed by atoms with Crippen molar-refractivity contribution in [3.63, 3.8) is 0 Å². The Balaban J connectivity index is 2.43. The van der Waals surface area contributed by atoms with E-state index in [1.165, 1.54) is 11.1 Å². The van der Waals surface area contributed by atoms with Crippen LogP contribution < -0.4 is 0 Å². The summed E-state index contributed by atoms with van der Waals surface area (Å²) < 4.78 is 0. The maximum Gasteiger partial charge on any atom is 0.167 e. The molecule has 1 aromatic carbocycles. The average Bonchev–Trinajstić information content (AvgIpc) is 2.58. The Bertz CT molecular complexity index is 495. The minimum atomic E-state index is 0.651. The summed E-state index contributed by atoms with van der Waals surface area (Å²) in [5.41, 5.74) is 4.64. The maximum absolute atomic E-state index is 5.21. The van der Waals surface area contributed by atoms with Gasteiger partial charge in [0.2, 0.25) is 0 Å². The van der Waals surface area contributed by atoms with Gasteiger partial charge < -0.3 is 4.98 Å². The largest absolute Gasteiger partial charge is 0.333 e. The van der Waals surface area contributed by atoms with Gasteiger partial charge in [0.05, 0.1) is 16.8 Å². The van der Waals surface area contributed by atoms with Gasteiger partial charge in [0, 0.05) is 0 Å². The minimum Gasteiger partial charge on any atom is -0.333 e. The standard InChI is InChI=1S/C12H12N2S/c1-4-5-15-12-13-10-6-8(2)9(3)7-11(10)14-12/h1,6-7H,5H2,2-3H3,(H,13,14). The second-order valence-electron chi connectivity index (χ2n) is 3.49. The highest BCUT2D eigenvalue weighted by atomic mass is 32.2. The molecule has 0 aliphatic carbocycles. The number of nitrogens with one attached hydrogen (secondary N) is 1. The highest BCUT2D eigenvalue weighted by Gasteiger charge is 2.04. The molecule has 76 valence electrons. The van der Waals surface area contributed by atoms with E-state index in [0.717, 1.165) is 16.2 Å². The highest BCUT2D eigenvalue weighted by molar-refractivity contribution is 7.99. The topological polar surface area (TPSA) is 28.7 Å². The van der Waals surface area contributed by atoms with E-state index in [4.69, 9.17) is 6.42 Å². The first-order valence-electron chi connectivity index (χ1n) is 4.74. The van der Waals surface area contributed by atoms with Crippen molar-refractivity contribution in [2.24, 2.45) is 0 Å². The van der Waals surface area contributed by atoms with Crippen LogP contribution in [0.1, 0.15) is 11.1 Å². The van der Waals surface area contributed by atoms with Gasteiger partial charge >= 0.3 is 0 Å². The Morgan fingerprint density at radius 3 is 2.87 bits per heavy atom. The maximum atomic E-state index is 5.21. The van der Waals surface area contributed by atoms with Crippen molar-refractivity contribution in [3.8, 4) is 12.3 Å². The minimum absolute atomic E-state index is 0.651. The van der Waals surface area contributed by atoms with Crippen molar-refractivity contribution >= 4 is 22.8 Å². The molecule has 0 fully saturated rings. The molecular weight excluding hydrogens is 204 g/mol. The van der Waals surface area contributed by atoms with Crippen LogP contribution in [0.25, 0.3) is 11.0 Å². The van der Waals surface area contributed by atoms with Gasteiger partial charge in [-0.05, 0) is 37.1 Å². The quantitative estimate of drug-likeness (QED) is 0.617. The number of H-pyrrole nitrogens is 1. The number of aromatic nitrogens is 2. The predicted octanol–water partition coefficient (Wildman–Crippen LogP) is 2.91. The Morgan fingerprint density at radius 1 is 1.40 bits per heavy atom. The third-order valence-electron chi connectivity index (χ3n) is 2.37. The van der Waals surface area contributed by atoms with Crippen molar-refractivity contribution in [1.82, 2.24) is 9.97 Å². The number of aromatic amines is 1. The van der Waals surface area contributed by atoms with Gasteiger partial charge in [-0.25, -0.2) is 4.98 Å². The fourth-order valence-electron chi connectivity index (χ4n) is 1.42. The lowest BCUT2D eigenvalue weighted by atomic mass is 10.1. The molecule has 3 heteroatoms. The number of hydrogen-bond acceptors (Lipinski definition) is 2. The van der Waals surface area contributed by atoms with E-state index < -0.39 is 0 Å². The molecule has 15 heavy (non-hydrogen) atoms. The number of thioether (sulfide) groups is 1. The molecule has 0 atom stereocenters. The molecule has 2 rings (SSSR count). The Morgan fingerprint density at radius 2 is 2.13 bits per heavy atom. The van der Waals surface area contributed by atoms with Gasteiger partial charge in [0.1, 0.15) is 0 Å². The molecule has 0 saturated heterocycles. The molecule has 0 bridgehead atoms.